The number of carboxylic acid groups (broad SMARTS) is 3. The molecule has 0 spiro atoms. The molecule has 0 heterocycles. The molecular formula is C17H22N6O7. The Hall–Kier alpha value is -4.00. The van der Waals surface area contributed by atoms with Crippen molar-refractivity contribution in [3.63, 3.8) is 0 Å². The van der Waals surface area contributed by atoms with E-state index in [0.717, 1.165) is 35.2 Å². The highest BCUT2D eigenvalue weighted by Gasteiger charge is 2.40. The molecule has 0 bridgehead atoms. The van der Waals surface area contributed by atoms with Gasteiger partial charge in [-0.1, -0.05) is 18.2 Å². The normalized spacial score (nSPS) is 13.6. The van der Waals surface area contributed by atoms with Crippen LogP contribution in [0.4, 0.5) is 0 Å². The van der Waals surface area contributed by atoms with Gasteiger partial charge < -0.3 is 31.9 Å². The molecule has 1 aliphatic carbocycles. The lowest BCUT2D eigenvalue weighted by atomic mass is 9.96. The Labute approximate surface area is 170 Å². The van der Waals surface area contributed by atoms with Crippen molar-refractivity contribution in [3.8, 4) is 0 Å². The summed E-state index contributed by atoms with van der Waals surface area (Å²) in [5.41, 5.74) is 14.0. The molecule has 30 heavy (non-hydrogen) atoms. The van der Waals surface area contributed by atoms with Crippen molar-refractivity contribution < 1.29 is 34.8 Å². The van der Waals surface area contributed by atoms with E-state index in [1.54, 1.807) is 0 Å². The van der Waals surface area contributed by atoms with Crippen molar-refractivity contribution in [3.05, 3.63) is 34.9 Å². The highest BCUT2D eigenvalue weighted by molar-refractivity contribution is 6.08. The Morgan fingerprint density at radius 1 is 1.07 bits per heavy atom. The van der Waals surface area contributed by atoms with Gasteiger partial charge in [-0.05, 0) is 18.4 Å². The number of hydrogen-bond donors (Lipinski definition) is 9. The van der Waals surface area contributed by atoms with Gasteiger partial charge in [-0.3, -0.25) is 20.4 Å². The van der Waals surface area contributed by atoms with Crippen LogP contribution in [0, 0.1) is 10.8 Å². The molecule has 1 aromatic rings. The summed E-state index contributed by atoms with van der Waals surface area (Å²) in [5, 5.41) is 52.4. The van der Waals surface area contributed by atoms with Gasteiger partial charge in [0.05, 0.1) is 18.6 Å². The fourth-order valence-electron chi connectivity index (χ4n) is 2.71. The van der Waals surface area contributed by atoms with Crippen LogP contribution in [-0.2, 0) is 20.8 Å². The lowest BCUT2D eigenvalue weighted by Gasteiger charge is -2.18. The molecule has 11 N–H and O–H groups in total. The van der Waals surface area contributed by atoms with E-state index in [1.165, 1.54) is 0 Å². The molecule has 0 atom stereocenters. The monoisotopic (exact) mass is 422 g/mol. The Balaban J connectivity index is 0.000000314. The first-order chi connectivity index (χ1) is 13.9. The second-order valence-electron chi connectivity index (χ2n) is 6.31. The lowest BCUT2D eigenvalue weighted by Crippen LogP contribution is -2.42. The summed E-state index contributed by atoms with van der Waals surface area (Å²) < 4.78 is 0. The maximum atomic E-state index is 10.3. The molecule has 0 unspecified atom stereocenters. The molecule has 2 rings (SSSR count). The number of nitrogen functional groups attached to an aromatic ring is 1. The van der Waals surface area contributed by atoms with E-state index in [9.17, 15) is 14.4 Å². The molecule has 13 nitrogen and oxygen atoms in total. The minimum Gasteiger partial charge on any atom is -0.481 e. The van der Waals surface area contributed by atoms with Gasteiger partial charge in [0.15, 0.2) is 5.60 Å². The number of nitrogens with two attached hydrogens (primary N) is 2. The van der Waals surface area contributed by atoms with Crippen LogP contribution in [0.5, 0.6) is 0 Å². The van der Waals surface area contributed by atoms with Gasteiger partial charge in [0.1, 0.15) is 5.84 Å². The van der Waals surface area contributed by atoms with Gasteiger partial charge in [0, 0.05) is 11.1 Å². The minimum atomic E-state index is -2.74. The summed E-state index contributed by atoms with van der Waals surface area (Å²) in [4.78, 5) is 30.5. The minimum absolute atomic E-state index is 0.0719. The summed E-state index contributed by atoms with van der Waals surface area (Å²) in [6.07, 6.45) is -0.716. The number of aliphatic hydroxyl groups is 1. The van der Waals surface area contributed by atoms with Crippen molar-refractivity contribution >= 4 is 35.4 Å². The Morgan fingerprint density at radius 2 is 1.63 bits per heavy atom. The van der Waals surface area contributed by atoms with Crippen LogP contribution < -0.4 is 16.9 Å². The quantitative estimate of drug-likeness (QED) is 0.145. The van der Waals surface area contributed by atoms with E-state index < -0.39 is 36.4 Å². The first kappa shape index (κ1) is 24.0. The maximum Gasteiger partial charge on any atom is 0.336 e. The summed E-state index contributed by atoms with van der Waals surface area (Å²) in [7, 11) is 0. The van der Waals surface area contributed by atoms with Crippen molar-refractivity contribution in [2.45, 2.75) is 31.3 Å². The standard InChI is InChI=1S/C11H14N6.C6H8O7/c12-10(13)8-3-1-2-7-6(8)4-5-9(7)16-17-11(14)15;7-3(8)1-6(13,5(11)12)2-4(9)10/h1-3H,4-5H2,(H3,12,13)(H4,14,15,17);13H,1-2H2,(H,7,8)(H,9,10)(H,11,12). The van der Waals surface area contributed by atoms with Gasteiger partial charge in [-0.15, -0.1) is 0 Å². The van der Waals surface area contributed by atoms with E-state index in [4.69, 9.17) is 42.7 Å². The van der Waals surface area contributed by atoms with Gasteiger partial charge >= 0.3 is 17.9 Å². The topological polar surface area (TPSA) is 256 Å². The number of guanidine groups is 1. The van der Waals surface area contributed by atoms with Crippen LogP contribution in [0.3, 0.4) is 0 Å². The third-order valence-corrected chi connectivity index (χ3v) is 3.99. The second-order valence-corrected chi connectivity index (χ2v) is 6.31. The maximum absolute atomic E-state index is 10.3. The molecule has 0 aliphatic heterocycles. The zero-order valence-electron chi connectivity index (χ0n) is 15.7. The molecule has 0 saturated heterocycles. The highest BCUT2D eigenvalue weighted by Crippen LogP contribution is 2.25. The predicted molar refractivity (Wildman–Crippen MR) is 104 cm³/mol. The Morgan fingerprint density at radius 3 is 2.07 bits per heavy atom. The SMILES string of the molecule is N=C(N)NN=C1CCc2c(C(=N)N)cccc21.O=C(O)CC(O)(CC(=O)O)C(=O)O. The molecule has 1 aromatic carbocycles. The number of nitrogens with zero attached hydrogens (tertiary/aromatic N) is 1. The van der Waals surface area contributed by atoms with Crippen molar-refractivity contribution in [2.75, 3.05) is 0 Å². The molecule has 0 saturated carbocycles. The number of aliphatic carboxylic acids is 3. The van der Waals surface area contributed by atoms with E-state index in [0.29, 0.717) is 0 Å². The zero-order valence-corrected chi connectivity index (χ0v) is 15.7. The molecule has 0 aromatic heterocycles. The van der Waals surface area contributed by atoms with Crippen LogP contribution in [0.1, 0.15) is 36.0 Å². The van der Waals surface area contributed by atoms with E-state index in [1.807, 2.05) is 18.2 Å². The summed E-state index contributed by atoms with van der Waals surface area (Å²) in [6, 6.07) is 5.63. The average molecular weight is 422 g/mol. The first-order valence-electron chi connectivity index (χ1n) is 8.40. The zero-order chi connectivity index (χ0) is 23.1. The smallest absolute Gasteiger partial charge is 0.336 e. The Kier molecular flexibility index (Phi) is 7.99. The number of fused-ring (bicyclic) bond motifs is 1. The number of rotatable bonds is 7. The number of carboxylic acids is 3. The van der Waals surface area contributed by atoms with E-state index in [-0.39, 0.29) is 11.8 Å². The van der Waals surface area contributed by atoms with Crippen LogP contribution in [0.2, 0.25) is 0 Å². The summed E-state index contributed by atoms with van der Waals surface area (Å²) in [6.45, 7) is 0. The molecular weight excluding hydrogens is 400 g/mol. The number of hydrazone groups is 1. The van der Waals surface area contributed by atoms with E-state index >= 15 is 0 Å². The van der Waals surface area contributed by atoms with Crippen LogP contribution in [0.25, 0.3) is 0 Å². The summed E-state index contributed by atoms with van der Waals surface area (Å²) in [5.74, 6) is -5.13. The largest absolute Gasteiger partial charge is 0.481 e. The molecule has 0 amide bonds. The molecule has 1 aliphatic rings. The fraction of sp³-hybridized carbons (Fsp3) is 0.294. The molecule has 162 valence electrons. The number of amidine groups is 1. The van der Waals surface area contributed by atoms with Gasteiger partial charge in [0.25, 0.3) is 0 Å². The second kappa shape index (κ2) is 9.97. The van der Waals surface area contributed by atoms with Crippen LogP contribution >= 0.6 is 0 Å². The number of benzene rings is 1. The number of carbonyl (C=O) groups is 3. The van der Waals surface area contributed by atoms with Gasteiger partial charge in [0.2, 0.25) is 5.96 Å². The number of hydrogen-bond acceptors (Lipinski definition) is 7. The molecule has 13 heteroatoms. The van der Waals surface area contributed by atoms with Crippen molar-refractivity contribution in [2.24, 2.45) is 16.6 Å². The molecule has 0 radical (unpaired) electrons. The summed E-state index contributed by atoms with van der Waals surface area (Å²) >= 11 is 0. The lowest BCUT2D eigenvalue weighted by molar-refractivity contribution is -0.170. The predicted octanol–water partition coefficient (Wildman–Crippen LogP) is -1.14. The van der Waals surface area contributed by atoms with Gasteiger partial charge in [-0.2, -0.15) is 5.10 Å². The third-order valence-electron chi connectivity index (χ3n) is 3.99. The van der Waals surface area contributed by atoms with Crippen LogP contribution in [0.15, 0.2) is 23.3 Å². The van der Waals surface area contributed by atoms with Crippen LogP contribution in [-0.4, -0.2) is 61.4 Å². The number of nitrogens with one attached hydrogen (secondary N) is 3. The first-order valence-corrected chi connectivity index (χ1v) is 8.40. The average Bonchev–Trinajstić information content (AvgIpc) is 3.01. The van der Waals surface area contributed by atoms with E-state index in [2.05, 4.69) is 10.5 Å². The van der Waals surface area contributed by atoms with Crippen molar-refractivity contribution in [1.82, 2.24) is 5.43 Å². The molecule has 0 fully saturated rings. The third kappa shape index (κ3) is 6.56. The highest BCUT2D eigenvalue weighted by atomic mass is 16.4. The Bertz CT molecular complexity index is 896. The van der Waals surface area contributed by atoms with Crippen molar-refractivity contribution in [1.29, 1.82) is 10.8 Å². The van der Waals surface area contributed by atoms with Gasteiger partial charge in [-0.25, -0.2) is 10.2 Å². The fourth-order valence-corrected chi connectivity index (χ4v) is 2.71.